The van der Waals surface area contributed by atoms with E-state index >= 15 is 0 Å². The molecule has 1 aromatic carbocycles. The highest BCUT2D eigenvalue weighted by Gasteiger charge is 2.20. The molecule has 7 nitrogen and oxygen atoms in total. The van der Waals surface area contributed by atoms with Gasteiger partial charge < -0.3 is 24.1 Å². The molecule has 0 unspecified atom stereocenters. The lowest BCUT2D eigenvalue weighted by molar-refractivity contribution is -0.123. The fourth-order valence-corrected chi connectivity index (χ4v) is 3.61. The molecule has 0 saturated carbocycles. The Morgan fingerprint density at radius 1 is 1.32 bits per heavy atom. The first-order valence-electron chi connectivity index (χ1n) is 9.65. The largest absolute Gasteiger partial charge is 0.477 e. The highest BCUT2D eigenvalue weighted by Crippen LogP contribution is 2.28. The fraction of sp³-hybridized carbons (Fsp3) is 0.429. The second-order valence-corrected chi connectivity index (χ2v) is 7.10. The summed E-state index contributed by atoms with van der Waals surface area (Å²) >= 11 is 0. The third-order valence-electron chi connectivity index (χ3n) is 5.09. The lowest BCUT2D eigenvalue weighted by Gasteiger charge is -2.18. The molecule has 3 heterocycles. The highest BCUT2D eigenvalue weighted by atomic mass is 16.5. The zero-order valence-corrected chi connectivity index (χ0v) is 15.7. The van der Waals surface area contributed by atoms with Crippen molar-refractivity contribution in [3.63, 3.8) is 0 Å². The standard InChI is InChI=1S/C21H24N2O5/c24-19-10-17(12-23-8-7-15-4-1-2-6-18(15)23)27-13-20(19)28-14-21(25)22-11-16-5-3-9-26-16/h1-2,4,6,10,13,16H,3,5,7-9,11-12,14H2,(H,22,25)/t16-/m0/s1. The van der Waals surface area contributed by atoms with Crippen LogP contribution in [0.15, 0.2) is 45.8 Å². The van der Waals surface area contributed by atoms with Gasteiger partial charge in [-0.2, -0.15) is 0 Å². The zero-order valence-electron chi connectivity index (χ0n) is 15.7. The SMILES string of the molecule is O=C(COc1coc(CN2CCc3ccccc32)cc1=O)NC[C@@H]1CCCO1. The number of carbonyl (C=O) groups excluding carboxylic acids is 1. The number of para-hydroxylation sites is 1. The molecule has 2 aliphatic heterocycles. The average Bonchev–Trinajstić information content (AvgIpc) is 3.36. The number of anilines is 1. The van der Waals surface area contributed by atoms with Gasteiger partial charge in [0.2, 0.25) is 11.2 Å². The van der Waals surface area contributed by atoms with Gasteiger partial charge in [0.25, 0.3) is 5.91 Å². The molecule has 2 aliphatic rings. The van der Waals surface area contributed by atoms with E-state index in [2.05, 4.69) is 22.3 Å². The molecule has 0 spiro atoms. The van der Waals surface area contributed by atoms with Crippen LogP contribution in [0.3, 0.4) is 0 Å². The molecule has 2 aromatic rings. The van der Waals surface area contributed by atoms with Gasteiger partial charge in [0.1, 0.15) is 12.0 Å². The van der Waals surface area contributed by atoms with E-state index in [1.807, 2.05) is 12.1 Å². The van der Waals surface area contributed by atoms with Crippen LogP contribution in [0, 0.1) is 0 Å². The second kappa shape index (κ2) is 8.48. The van der Waals surface area contributed by atoms with Crippen molar-refractivity contribution in [2.45, 2.75) is 31.9 Å². The number of rotatable bonds is 7. The molecule has 1 N–H and O–H groups in total. The number of carbonyl (C=O) groups is 1. The molecule has 7 heteroatoms. The van der Waals surface area contributed by atoms with Crippen LogP contribution >= 0.6 is 0 Å². The first kappa shape index (κ1) is 18.6. The molecule has 148 valence electrons. The molecule has 1 fully saturated rings. The number of hydrogen-bond donors (Lipinski definition) is 1. The maximum absolute atomic E-state index is 12.3. The Hall–Kier alpha value is -2.80. The van der Waals surface area contributed by atoms with Crippen LogP contribution in [0.1, 0.15) is 24.2 Å². The smallest absolute Gasteiger partial charge is 0.258 e. The Bertz CT molecular complexity index is 888. The Kier molecular flexibility index (Phi) is 5.62. The predicted octanol–water partition coefficient (Wildman–Crippen LogP) is 1.88. The van der Waals surface area contributed by atoms with Crippen molar-refractivity contribution >= 4 is 11.6 Å². The van der Waals surface area contributed by atoms with Gasteiger partial charge in [0.05, 0.1) is 12.6 Å². The quantitative estimate of drug-likeness (QED) is 0.785. The number of nitrogens with zero attached hydrogens (tertiary/aromatic N) is 1. The molecular weight excluding hydrogens is 360 g/mol. The van der Waals surface area contributed by atoms with Gasteiger partial charge in [0.15, 0.2) is 6.61 Å². The minimum atomic E-state index is -0.291. The summed E-state index contributed by atoms with van der Waals surface area (Å²) in [5.74, 6) is 0.322. The van der Waals surface area contributed by atoms with Crippen LogP contribution < -0.4 is 20.4 Å². The number of fused-ring (bicyclic) bond motifs is 1. The Labute approximate surface area is 163 Å². The van der Waals surface area contributed by atoms with Crippen molar-refractivity contribution in [3.8, 4) is 5.75 Å². The van der Waals surface area contributed by atoms with Crippen LogP contribution in [0.2, 0.25) is 0 Å². The summed E-state index contributed by atoms with van der Waals surface area (Å²) in [6.07, 6.45) is 4.32. The van der Waals surface area contributed by atoms with Crippen LogP contribution in [0.4, 0.5) is 5.69 Å². The number of hydrogen-bond acceptors (Lipinski definition) is 6. The molecule has 28 heavy (non-hydrogen) atoms. The molecule has 0 bridgehead atoms. The number of benzene rings is 1. The van der Waals surface area contributed by atoms with Gasteiger partial charge in [-0.05, 0) is 30.9 Å². The van der Waals surface area contributed by atoms with Crippen molar-refractivity contribution in [3.05, 3.63) is 58.1 Å². The fourth-order valence-electron chi connectivity index (χ4n) is 3.61. The van der Waals surface area contributed by atoms with E-state index in [0.29, 0.717) is 18.8 Å². The Balaban J connectivity index is 1.29. The van der Waals surface area contributed by atoms with Crippen molar-refractivity contribution in [2.75, 3.05) is 31.2 Å². The summed E-state index contributed by atoms with van der Waals surface area (Å²) in [5, 5.41) is 2.76. The van der Waals surface area contributed by atoms with E-state index in [1.54, 1.807) is 0 Å². The van der Waals surface area contributed by atoms with Gasteiger partial charge in [-0.3, -0.25) is 9.59 Å². The topological polar surface area (TPSA) is 81.0 Å². The number of ether oxygens (including phenoxy) is 2. The van der Waals surface area contributed by atoms with Crippen LogP contribution in [0.5, 0.6) is 5.75 Å². The first-order valence-corrected chi connectivity index (χ1v) is 9.65. The minimum absolute atomic E-state index is 0.0397. The van der Waals surface area contributed by atoms with E-state index in [-0.39, 0.29) is 29.8 Å². The van der Waals surface area contributed by atoms with Crippen LogP contribution in [0.25, 0.3) is 0 Å². The van der Waals surface area contributed by atoms with E-state index < -0.39 is 0 Å². The third-order valence-corrected chi connectivity index (χ3v) is 5.09. The Morgan fingerprint density at radius 3 is 3.04 bits per heavy atom. The van der Waals surface area contributed by atoms with Gasteiger partial charge in [-0.1, -0.05) is 18.2 Å². The maximum Gasteiger partial charge on any atom is 0.258 e. The van der Waals surface area contributed by atoms with Crippen molar-refractivity contribution < 1.29 is 18.7 Å². The number of amides is 1. The van der Waals surface area contributed by atoms with Crippen molar-refractivity contribution in [1.29, 1.82) is 0 Å². The summed E-state index contributed by atoms with van der Waals surface area (Å²) in [5.41, 5.74) is 2.19. The van der Waals surface area contributed by atoms with Crippen molar-refractivity contribution in [2.24, 2.45) is 0 Å². The van der Waals surface area contributed by atoms with Gasteiger partial charge >= 0.3 is 0 Å². The summed E-state index contributed by atoms with van der Waals surface area (Å²) < 4.78 is 16.3. The van der Waals surface area contributed by atoms with E-state index in [1.165, 1.54) is 23.6 Å². The maximum atomic E-state index is 12.3. The zero-order chi connectivity index (χ0) is 19.3. The summed E-state index contributed by atoms with van der Waals surface area (Å²) in [6.45, 7) is 2.40. The molecule has 0 aliphatic carbocycles. The second-order valence-electron chi connectivity index (χ2n) is 7.10. The minimum Gasteiger partial charge on any atom is -0.477 e. The molecule has 1 atom stereocenters. The van der Waals surface area contributed by atoms with E-state index in [9.17, 15) is 9.59 Å². The van der Waals surface area contributed by atoms with Crippen LogP contribution in [-0.4, -0.2) is 38.3 Å². The van der Waals surface area contributed by atoms with E-state index in [4.69, 9.17) is 13.9 Å². The lowest BCUT2D eigenvalue weighted by Crippen LogP contribution is -2.35. The molecule has 4 rings (SSSR count). The summed E-state index contributed by atoms with van der Waals surface area (Å²) in [4.78, 5) is 26.3. The monoisotopic (exact) mass is 384 g/mol. The molecule has 1 saturated heterocycles. The Morgan fingerprint density at radius 2 is 2.21 bits per heavy atom. The predicted molar refractivity (Wildman–Crippen MR) is 104 cm³/mol. The normalized spacial score (nSPS) is 18.1. The number of nitrogens with one attached hydrogen (secondary N) is 1. The molecule has 1 amide bonds. The van der Waals surface area contributed by atoms with Crippen molar-refractivity contribution in [1.82, 2.24) is 5.32 Å². The average molecular weight is 384 g/mol. The summed E-state index contributed by atoms with van der Waals surface area (Å²) in [7, 11) is 0. The van der Waals surface area contributed by atoms with Gasteiger partial charge in [0, 0.05) is 31.5 Å². The van der Waals surface area contributed by atoms with Gasteiger partial charge in [-0.15, -0.1) is 0 Å². The highest BCUT2D eigenvalue weighted by molar-refractivity contribution is 5.77. The van der Waals surface area contributed by atoms with E-state index in [0.717, 1.165) is 32.4 Å². The lowest BCUT2D eigenvalue weighted by atomic mass is 10.2. The first-order chi connectivity index (χ1) is 13.7. The van der Waals surface area contributed by atoms with Gasteiger partial charge in [-0.25, -0.2) is 0 Å². The van der Waals surface area contributed by atoms with Crippen LogP contribution in [-0.2, 0) is 22.5 Å². The summed E-state index contributed by atoms with van der Waals surface area (Å²) in [6, 6.07) is 9.67. The molecule has 1 aromatic heterocycles. The third kappa shape index (κ3) is 4.36. The molecular formula is C21H24N2O5. The molecule has 0 radical (unpaired) electrons.